The van der Waals surface area contributed by atoms with Gasteiger partial charge in [0.05, 0.1) is 30.1 Å². The number of nitrogens with two attached hydrogens (primary N) is 1. The van der Waals surface area contributed by atoms with Crippen LogP contribution < -0.4 is 20.5 Å². The Morgan fingerprint density at radius 2 is 1.83 bits per heavy atom. The van der Waals surface area contributed by atoms with Crippen LogP contribution in [0.4, 0.5) is 26.3 Å². The third-order valence-electron chi connectivity index (χ3n) is 7.80. The second kappa shape index (κ2) is 11.3. The molecular weight excluding hydrogens is 646 g/mol. The van der Waals surface area contributed by atoms with Crippen molar-refractivity contribution in [2.24, 2.45) is 5.73 Å². The minimum Gasteiger partial charge on any atom is -0.494 e. The second-order valence-corrected chi connectivity index (χ2v) is 11.2. The first kappa shape index (κ1) is 32.8. The SMILES string of the molecule is COc1cc(C(=O)NC[C@](O)(c2cc3c(c(-c4ccc(F)c(F)c4F)n2)OC[C@]3(C)C(N)=O)C(F)(F)F)cc2cc(Cl)c(C)nc12. The number of nitrogens with one attached hydrogen (secondary N) is 1. The van der Waals surface area contributed by atoms with Crippen LogP contribution in [0, 0.1) is 24.4 Å². The number of fused-ring (bicyclic) bond motifs is 2. The number of primary amides is 1. The lowest BCUT2D eigenvalue weighted by Gasteiger charge is -2.31. The van der Waals surface area contributed by atoms with Gasteiger partial charge >= 0.3 is 6.18 Å². The quantitative estimate of drug-likeness (QED) is 0.186. The standard InChI is InChI=1S/C30H23ClF6N4O5/c1-12-17(31)7-13-6-14(8-19(45-3)23(13)40-12)26(42)39-10-29(44,30(35,36)37)20-9-16-25(46-11-28(16,2)27(38)43)24(41-20)15-4-5-18(32)22(34)21(15)33/h4-9,44H,10-11H2,1-3H3,(H2,38,43)(H,39,42)/t28-,29-/m0/s1. The largest absolute Gasteiger partial charge is 0.494 e. The van der Waals surface area contributed by atoms with Gasteiger partial charge in [0.25, 0.3) is 5.91 Å². The third-order valence-corrected chi connectivity index (χ3v) is 8.18. The van der Waals surface area contributed by atoms with Crippen LogP contribution in [0.3, 0.4) is 0 Å². The van der Waals surface area contributed by atoms with Crippen molar-refractivity contribution in [1.29, 1.82) is 0 Å². The number of ether oxygens (including phenoxy) is 2. The number of benzene rings is 2. The van der Waals surface area contributed by atoms with Gasteiger partial charge in [0.15, 0.2) is 17.5 Å². The van der Waals surface area contributed by atoms with E-state index < -0.39 is 82.3 Å². The number of methoxy groups -OCH3 is 1. The molecule has 16 heteroatoms. The van der Waals surface area contributed by atoms with Gasteiger partial charge in [-0.25, -0.2) is 23.1 Å². The molecular formula is C30H23ClF6N4O5. The number of hydrogen-bond acceptors (Lipinski definition) is 7. The molecule has 1 aliphatic heterocycles. The Balaban J connectivity index is 1.63. The summed E-state index contributed by atoms with van der Waals surface area (Å²) in [5.41, 5.74) is -2.84. The lowest BCUT2D eigenvalue weighted by molar-refractivity contribution is -0.265. The molecule has 9 nitrogen and oxygen atoms in total. The van der Waals surface area contributed by atoms with Crippen molar-refractivity contribution in [2.45, 2.75) is 31.0 Å². The monoisotopic (exact) mass is 668 g/mol. The van der Waals surface area contributed by atoms with Crippen LogP contribution in [-0.2, 0) is 15.8 Å². The van der Waals surface area contributed by atoms with Crippen LogP contribution in [0.25, 0.3) is 22.2 Å². The first-order chi connectivity index (χ1) is 21.4. The van der Waals surface area contributed by atoms with Crippen LogP contribution in [0.1, 0.15) is 34.2 Å². The van der Waals surface area contributed by atoms with Crippen LogP contribution in [-0.4, -0.2) is 53.3 Å². The Morgan fingerprint density at radius 1 is 1.13 bits per heavy atom. The van der Waals surface area contributed by atoms with Crippen LogP contribution in [0.5, 0.6) is 11.5 Å². The molecule has 0 fully saturated rings. The highest BCUT2D eigenvalue weighted by Crippen LogP contribution is 2.48. The molecule has 2 atom stereocenters. The van der Waals surface area contributed by atoms with E-state index in [4.69, 9.17) is 26.8 Å². The summed E-state index contributed by atoms with van der Waals surface area (Å²) in [6.45, 7) is 0.796. The number of aliphatic hydroxyl groups is 1. The first-order valence-corrected chi connectivity index (χ1v) is 13.7. The Hall–Kier alpha value is -4.63. The highest BCUT2D eigenvalue weighted by atomic mass is 35.5. The second-order valence-electron chi connectivity index (χ2n) is 10.8. The number of pyridine rings is 2. The van der Waals surface area contributed by atoms with Crippen LogP contribution in [0.15, 0.2) is 36.4 Å². The normalized spacial score (nSPS) is 17.3. The number of amides is 2. The zero-order valence-corrected chi connectivity index (χ0v) is 24.8. The number of carbonyl (C=O) groups excluding carboxylic acids is 2. The highest BCUT2D eigenvalue weighted by molar-refractivity contribution is 6.31. The average molecular weight is 669 g/mol. The molecule has 3 heterocycles. The summed E-state index contributed by atoms with van der Waals surface area (Å²) in [5, 5.41) is 13.8. The maximum atomic E-state index is 14.9. The van der Waals surface area contributed by atoms with E-state index in [1.165, 1.54) is 32.2 Å². The van der Waals surface area contributed by atoms with E-state index >= 15 is 0 Å². The molecule has 2 aromatic heterocycles. The molecule has 2 aromatic carbocycles. The van der Waals surface area contributed by atoms with Crippen molar-refractivity contribution in [2.75, 3.05) is 20.3 Å². The van der Waals surface area contributed by atoms with Crippen molar-refractivity contribution in [1.82, 2.24) is 15.3 Å². The summed E-state index contributed by atoms with van der Waals surface area (Å²) < 4.78 is 97.7. The van der Waals surface area contributed by atoms with Crippen molar-refractivity contribution >= 4 is 34.3 Å². The van der Waals surface area contributed by atoms with Gasteiger partial charge < -0.3 is 25.6 Å². The number of aryl methyl sites for hydroxylation is 1. The highest BCUT2D eigenvalue weighted by Gasteiger charge is 2.58. The summed E-state index contributed by atoms with van der Waals surface area (Å²) in [6.07, 6.45) is -5.55. The lowest BCUT2D eigenvalue weighted by Crippen LogP contribution is -2.51. The van der Waals surface area contributed by atoms with Crippen molar-refractivity contribution in [3.8, 4) is 22.8 Å². The molecule has 0 unspecified atom stereocenters. The Bertz CT molecular complexity index is 1940. The smallest absolute Gasteiger partial charge is 0.424 e. The molecule has 4 N–H and O–H groups in total. The zero-order valence-electron chi connectivity index (χ0n) is 24.1. The van der Waals surface area contributed by atoms with Gasteiger partial charge in [-0.05, 0) is 50.2 Å². The zero-order chi connectivity index (χ0) is 33.9. The van der Waals surface area contributed by atoms with Gasteiger partial charge in [0, 0.05) is 22.1 Å². The van der Waals surface area contributed by atoms with Gasteiger partial charge in [0.1, 0.15) is 34.7 Å². The molecule has 4 aromatic rings. The molecule has 242 valence electrons. The Morgan fingerprint density at radius 3 is 2.46 bits per heavy atom. The molecule has 46 heavy (non-hydrogen) atoms. The predicted octanol–water partition coefficient (Wildman–Crippen LogP) is 5.00. The Kier molecular flexibility index (Phi) is 8.06. The third kappa shape index (κ3) is 5.22. The number of carbonyl (C=O) groups is 2. The molecule has 0 radical (unpaired) electrons. The molecule has 1 aliphatic rings. The number of rotatable bonds is 7. The van der Waals surface area contributed by atoms with E-state index in [9.17, 15) is 41.0 Å². The van der Waals surface area contributed by atoms with E-state index in [0.29, 0.717) is 34.8 Å². The van der Waals surface area contributed by atoms with Gasteiger partial charge in [0.2, 0.25) is 11.5 Å². The van der Waals surface area contributed by atoms with E-state index in [1.807, 2.05) is 5.32 Å². The van der Waals surface area contributed by atoms with E-state index in [1.54, 1.807) is 6.92 Å². The lowest BCUT2D eigenvalue weighted by atomic mass is 9.81. The van der Waals surface area contributed by atoms with Gasteiger partial charge in [-0.1, -0.05) is 11.6 Å². The number of halogens is 7. The van der Waals surface area contributed by atoms with E-state index in [-0.39, 0.29) is 21.9 Å². The molecule has 2 amide bonds. The van der Waals surface area contributed by atoms with Gasteiger partial charge in [-0.3, -0.25) is 9.59 Å². The summed E-state index contributed by atoms with van der Waals surface area (Å²) in [7, 11) is 1.29. The summed E-state index contributed by atoms with van der Waals surface area (Å²) in [6, 6.07) is 5.89. The van der Waals surface area contributed by atoms with Crippen LogP contribution in [0.2, 0.25) is 5.02 Å². The van der Waals surface area contributed by atoms with E-state index in [2.05, 4.69) is 9.97 Å². The number of aromatic nitrogens is 2. The van der Waals surface area contributed by atoms with E-state index in [0.717, 1.165) is 0 Å². The summed E-state index contributed by atoms with van der Waals surface area (Å²) in [4.78, 5) is 33.6. The predicted molar refractivity (Wildman–Crippen MR) is 152 cm³/mol. The Labute approximate surface area is 261 Å². The molecule has 0 bridgehead atoms. The molecule has 0 spiro atoms. The summed E-state index contributed by atoms with van der Waals surface area (Å²) in [5.74, 6) is -7.83. The topological polar surface area (TPSA) is 137 Å². The van der Waals surface area contributed by atoms with Crippen molar-refractivity contribution < 1.29 is 50.5 Å². The molecule has 5 rings (SSSR count). The number of nitrogens with zero attached hydrogens (tertiary/aromatic N) is 2. The number of hydrogen-bond donors (Lipinski definition) is 3. The average Bonchev–Trinajstić information content (AvgIpc) is 3.35. The first-order valence-electron chi connectivity index (χ1n) is 13.3. The number of alkyl halides is 3. The fourth-order valence-corrected chi connectivity index (χ4v) is 5.10. The molecule has 0 saturated heterocycles. The fourth-order valence-electron chi connectivity index (χ4n) is 4.94. The minimum atomic E-state index is -5.55. The van der Waals surface area contributed by atoms with Gasteiger partial charge in [-0.2, -0.15) is 13.2 Å². The molecule has 0 aliphatic carbocycles. The van der Waals surface area contributed by atoms with Gasteiger partial charge in [-0.15, -0.1) is 0 Å². The fraction of sp³-hybridized carbons (Fsp3) is 0.267. The maximum Gasteiger partial charge on any atom is 0.424 e. The minimum absolute atomic E-state index is 0.109. The summed E-state index contributed by atoms with van der Waals surface area (Å²) >= 11 is 6.15. The maximum absolute atomic E-state index is 14.9. The van der Waals surface area contributed by atoms with Crippen molar-refractivity contribution in [3.63, 3.8) is 0 Å². The van der Waals surface area contributed by atoms with Crippen molar-refractivity contribution in [3.05, 3.63) is 81.4 Å². The van der Waals surface area contributed by atoms with Crippen LogP contribution >= 0.6 is 11.6 Å². The molecule has 0 saturated carbocycles.